The fraction of sp³-hybridized carbons (Fsp3) is 0. The molecule has 8 aromatic carbocycles. The summed E-state index contributed by atoms with van der Waals surface area (Å²) >= 11 is 0. The third-order valence-corrected chi connectivity index (χ3v) is 11.6. The van der Waals surface area contributed by atoms with Gasteiger partial charge in [0.25, 0.3) is 0 Å². The Morgan fingerprint density at radius 1 is 0.361 bits per heavy atom. The van der Waals surface area contributed by atoms with E-state index in [1.807, 2.05) is 72.8 Å². The molecule has 0 amide bonds. The fourth-order valence-electron chi connectivity index (χ4n) is 8.51. The molecule has 0 aliphatic heterocycles. The number of fused-ring (bicyclic) bond motifs is 6. The van der Waals surface area contributed by atoms with Gasteiger partial charge < -0.3 is 8.98 Å². The minimum absolute atomic E-state index is 0.169. The van der Waals surface area contributed by atoms with Crippen molar-refractivity contribution in [1.29, 1.82) is 0 Å². The molecule has 0 N–H and O–H groups in total. The average molecular weight is 766 g/mol. The molecule has 0 saturated heterocycles. The van der Waals surface area contributed by atoms with E-state index in [-0.39, 0.29) is 27.3 Å². The third-order valence-electron chi connectivity index (χ3n) is 11.6. The van der Waals surface area contributed by atoms with E-state index >= 15 is 0 Å². The molecule has 10 radical (unpaired) electrons. The van der Waals surface area contributed by atoms with Crippen LogP contribution in [0, 0.1) is 0 Å². The second-order valence-electron chi connectivity index (χ2n) is 15.1. The lowest BCUT2D eigenvalue weighted by atomic mass is 9.59. The van der Waals surface area contributed by atoms with E-state index in [0.29, 0.717) is 28.6 Å². The SMILES string of the molecule is [B]c1c([B])c([B])c(-c2ccc(-c3nc(-c4ccccc4)nc(-c4cccc5c4oc4c(-c6ccc7c(c6)c6ccccc6n7-c6ccccc6)cccc45)n3)cc2)c([B])c1[B]. The minimum Gasteiger partial charge on any atom is -0.455 e. The summed E-state index contributed by atoms with van der Waals surface area (Å²) in [5, 5.41) is 4.31. The number of para-hydroxylation sites is 4. The Kier molecular flexibility index (Phi) is 8.71. The van der Waals surface area contributed by atoms with E-state index in [0.717, 1.165) is 66.5 Å². The van der Waals surface area contributed by atoms with Gasteiger partial charge in [0.05, 0.1) is 16.6 Å². The first-order chi connectivity index (χ1) is 29.8. The lowest BCUT2D eigenvalue weighted by Gasteiger charge is -2.21. The van der Waals surface area contributed by atoms with Crippen LogP contribution in [0.4, 0.5) is 0 Å². The second kappa shape index (κ2) is 14.5. The molecule has 10 heteroatoms. The molecule has 272 valence electrons. The van der Waals surface area contributed by atoms with Crippen molar-refractivity contribution in [3.63, 3.8) is 0 Å². The number of nitrogens with zero attached hydrogens (tertiary/aromatic N) is 4. The molecule has 61 heavy (non-hydrogen) atoms. The van der Waals surface area contributed by atoms with E-state index in [2.05, 4.69) is 95.6 Å². The summed E-state index contributed by atoms with van der Waals surface area (Å²) in [6, 6.07) is 55.5. The van der Waals surface area contributed by atoms with Gasteiger partial charge in [0.15, 0.2) is 17.5 Å². The highest BCUT2D eigenvalue weighted by molar-refractivity contribution is 6.68. The Bertz CT molecular complexity index is 3500. The number of benzene rings is 8. The molecule has 0 aliphatic rings. The summed E-state index contributed by atoms with van der Waals surface area (Å²) < 4.78 is 9.27. The largest absolute Gasteiger partial charge is 0.455 e. The zero-order valence-electron chi connectivity index (χ0n) is 32.7. The molecule has 0 bridgehead atoms. The minimum atomic E-state index is 0.169. The summed E-state index contributed by atoms with van der Waals surface area (Å²) in [5.74, 6) is 1.47. The Labute approximate surface area is 358 Å². The van der Waals surface area contributed by atoms with Gasteiger partial charge in [0.2, 0.25) is 0 Å². The maximum atomic E-state index is 6.94. The lowest BCUT2D eigenvalue weighted by molar-refractivity contribution is 0.670. The second-order valence-corrected chi connectivity index (χ2v) is 15.1. The lowest BCUT2D eigenvalue weighted by Crippen LogP contribution is -2.55. The topological polar surface area (TPSA) is 56.7 Å². The standard InChI is InChI=1S/C51H27B5N4O/c52-42-41(43(53)45(55)46(56)44(42)54)28-21-23-30(24-22-28)50-57-49(29-11-3-1-4-12-29)58-51(59-50)37-19-10-18-36-35-17-9-16-33(47(35)61-48(36)37)31-25-26-40-38(27-31)34-15-7-8-20-39(34)60(40)32-13-5-2-6-14-32/h1-27H. The molecule has 0 spiro atoms. The predicted molar refractivity (Wildman–Crippen MR) is 256 cm³/mol. The molecule has 0 unspecified atom stereocenters. The summed E-state index contributed by atoms with van der Waals surface area (Å²) in [6.45, 7) is 0. The quantitative estimate of drug-likeness (QED) is 0.169. The summed E-state index contributed by atoms with van der Waals surface area (Å²) in [4.78, 5) is 15.1. The van der Waals surface area contributed by atoms with Crippen LogP contribution in [0.2, 0.25) is 0 Å². The first-order valence-electron chi connectivity index (χ1n) is 19.8. The fourth-order valence-corrected chi connectivity index (χ4v) is 8.51. The molecule has 11 rings (SSSR count). The molecule has 0 aliphatic carbocycles. The van der Waals surface area contributed by atoms with Gasteiger partial charge in [-0.3, -0.25) is 0 Å². The number of rotatable bonds is 6. The van der Waals surface area contributed by atoms with E-state index in [4.69, 9.17) is 58.6 Å². The van der Waals surface area contributed by atoms with Crippen molar-refractivity contribution in [3.8, 4) is 62.1 Å². The Balaban J connectivity index is 1.06. The van der Waals surface area contributed by atoms with Crippen LogP contribution >= 0.6 is 0 Å². The first-order valence-corrected chi connectivity index (χ1v) is 19.8. The van der Waals surface area contributed by atoms with Crippen LogP contribution in [0.3, 0.4) is 0 Å². The highest BCUT2D eigenvalue weighted by atomic mass is 16.3. The molecular weight excluding hydrogens is 739 g/mol. The Hall–Kier alpha value is -7.31. The van der Waals surface area contributed by atoms with Gasteiger partial charge in [-0.2, -0.15) is 0 Å². The Morgan fingerprint density at radius 2 is 0.852 bits per heavy atom. The van der Waals surface area contributed by atoms with Crippen molar-refractivity contribution in [1.82, 2.24) is 19.5 Å². The monoisotopic (exact) mass is 766 g/mol. The molecule has 0 atom stereocenters. The van der Waals surface area contributed by atoms with Crippen LogP contribution in [0.1, 0.15) is 0 Å². The molecular formula is C51H27B5N4O. The van der Waals surface area contributed by atoms with Gasteiger partial charge in [0.1, 0.15) is 50.4 Å². The predicted octanol–water partition coefficient (Wildman–Crippen LogP) is 7.17. The van der Waals surface area contributed by atoms with Crippen molar-refractivity contribution in [3.05, 3.63) is 164 Å². The smallest absolute Gasteiger partial charge is 0.167 e. The van der Waals surface area contributed by atoms with E-state index in [1.54, 1.807) is 0 Å². The van der Waals surface area contributed by atoms with Crippen LogP contribution in [0.15, 0.2) is 168 Å². The summed E-state index contributed by atoms with van der Waals surface area (Å²) in [6.07, 6.45) is 0. The number of hydrogen-bond acceptors (Lipinski definition) is 4. The summed E-state index contributed by atoms with van der Waals surface area (Å²) in [5.41, 5.74) is 11.6. The van der Waals surface area contributed by atoms with Gasteiger partial charge in [-0.15, -0.1) is 16.4 Å². The van der Waals surface area contributed by atoms with E-state index < -0.39 is 0 Å². The van der Waals surface area contributed by atoms with Gasteiger partial charge in [-0.25, -0.2) is 15.0 Å². The number of hydrogen-bond donors (Lipinski definition) is 0. The van der Waals surface area contributed by atoms with Crippen LogP contribution in [0.25, 0.3) is 106 Å². The van der Waals surface area contributed by atoms with E-state index in [9.17, 15) is 0 Å². The number of furan rings is 1. The van der Waals surface area contributed by atoms with Crippen LogP contribution in [-0.2, 0) is 0 Å². The van der Waals surface area contributed by atoms with Gasteiger partial charge in [-0.1, -0.05) is 138 Å². The Morgan fingerprint density at radius 3 is 1.54 bits per heavy atom. The van der Waals surface area contributed by atoms with Gasteiger partial charge >= 0.3 is 0 Å². The zero-order valence-corrected chi connectivity index (χ0v) is 32.7. The normalized spacial score (nSPS) is 11.6. The molecule has 5 nitrogen and oxygen atoms in total. The average Bonchev–Trinajstić information content (AvgIpc) is 3.87. The van der Waals surface area contributed by atoms with Crippen molar-refractivity contribution in [2.24, 2.45) is 0 Å². The highest BCUT2D eigenvalue weighted by Crippen LogP contribution is 2.41. The maximum Gasteiger partial charge on any atom is 0.167 e. The van der Waals surface area contributed by atoms with Gasteiger partial charge in [-0.05, 0) is 53.1 Å². The van der Waals surface area contributed by atoms with Crippen molar-refractivity contribution in [2.45, 2.75) is 0 Å². The molecule has 3 aromatic heterocycles. The van der Waals surface area contributed by atoms with Crippen molar-refractivity contribution < 1.29 is 4.42 Å². The van der Waals surface area contributed by atoms with E-state index in [1.165, 1.54) is 10.8 Å². The van der Waals surface area contributed by atoms with Crippen LogP contribution in [0.5, 0.6) is 0 Å². The van der Waals surface area contributed by atoms with Gasteiger partial charge in [0, 0.05) is 43.9 Å². The molecule has 0 fully saturated rings. The molecule has 3 heterocycles. The van der Waals surface area contributed by atoms with Crippen LogP contribution < -0.4 is 27.3 Å². The first kappa shape index (κ1) is 36.8. The third kappa shape index (κ3) is 5.96. The molecule has 0 saturated carbocycles. The van der Waals surface area contributed by atoms with Crippen molar-refractivity contribution in [2.75, 3.05) is 0 Å². The maximum absolute atomic E-state index is 6.94. The van der Waals surface area contributed by atoms with Crippen molar-refractivity contribution >= 4 is 110 Å². The summed E-state index contributed by atoms with van der Waals surface area (Å²) in [7, 11) is 31.2. The highest BCUT2D eigenvalue weighted by Gasteiger charge is 2.21. The zero-order chi connectivity index (χ0) is 41.4. The van der Waals surface area contributed by atoms with Crippen LogP contribution in [-0.4, -0.2) is 58.8 Å². The molecule has 11 aromatic rings. The number of aromatic nitrogens is 4.